The maximum absolute atomic E-state index is 12.0. The van der Waals surface area contributed by atoms with Crippen LogP contribution in [0.25, 0.3) is 0 Å². The number of nitriles is 1. The molecular formula is C15H21N5O3S. The minimum atomic E-state index is -0.939. The zero-order valence-corrected chi connectivity index (χ0v) is 14.9. The Kier molecular flexibility index (Phi) is 6.97. The van der Waals surface area contributed by atoms with Gasteiger partial charge in [0.15, 0.2) is 5.16 Å². The fourth-order valence-electron chi connectivity index (χ4n) is 1.57. The molecule has 0 spiro atoms. The van der Waals surface area contributed by atoms with Crippen LogP contribution < -0.4 is 11.1 Å². The average Bonchev–Trinajstić information content (AvgIpc) is 2.52. The van der Waals surface area contributed by atoms with E-state index < -0.39 is 11.5 Å². The summed E-state index contributed by atoms with van der Waals surface area (Å²) in [6.45, 7) is 7.29. The Morgan fingerprint density at radius 3 is 2.71 bits per heavy atom. The lowest BCUT2D eigenvalue weighted by Crippen LogP contribution is -2.49. The number of ether oxygens (including phenoxy) is 1. The van der Waals surface area contributed by atoms with Gasteiger partial charge < -0.3 is 15.8 Å². The van der Waals surface area contributed by atoms with Crippen molar-refractivity contribution >= 4 is 29.5 Å². The number of nitrogens with zero attached hydrogens (tertiary/aromatic N) is 3. The van der Waals surface area contributed by atoms with Crippen LogP contribution in [0.3, 0.4) is 0 Å². The van der Waals surface area contributed by atoms with E-state index in [1.165, 1.54) is 6.20 Å². The van der Waals surface area contributed by atoms with Crippen LogP contribution in [0.15, 0.2) is 11.4 Å². The minimum absolute atomic E-state index is 0.00426. The van der Waals surface area contributed by atoms with Crippen LogP contribution in [0.2, 0.25) is 0 Å². The van der Waals surface area contributed by atoms with Crippen LogP contribution in [0.5, 0.6) is 0 Å². The second-order valence-electron chi connectivity index (χ2n) is 5.48. The van der Waals surface area contributed by atoms with E-state index in [1.807, 2.05) is 13.8 Å². The summed E-state index contributed by atoms with van der Waals surface area (Å²) in [5.41, 5.74) is 4.86. The molecule has 130 valence electrons. The Morgan fingerprint density at radius 1 is 1.54 bits per heavy atom. The fourth-order valence-corrected chi connectivity index (χ4v) is 2.19. The Hall–Kier alpha value is -2.34. The summed E-state index contributed by atoms with van der Waals surface area (Å²) in [6, 6.07) is 2.10. The first-order valence-electron chi connectivity index (χ1n) is 7.38. The zero-order valence-electron chi connectivity index (χ0n) is 14.1. The van der Waals surface area contributed by atoms with Crippen molar-refractivity contribution in [1.29, 1.82) is 5.26 Å². The standard InChI is InChI=1S/C15H21N5O3S/c1-5-23-13(22)10-6-18-14(19-12(10)17)24-7-11(21)20-15(4,8-16)9(2)3/h6,9H,5,7H2,1-4H3,(H,20,21)(H2,17,18,19). The summed E-state index contributed by atoms with van der Waals surface area (Å²) in [5, 5.41) is 12.2. The maximum atomic E-state index is 12.0. The first-order chi connectivity index (χ1) is 11.2. The van der Waals surface area contributed by atoms with Crippen molar-refractivity contribution in [3.8, 4) is 6.07 Å². The van der Waals surface area contributed by atoms with Gasteiger partial charge in [-0.1, -0.05) is 25.6 Å². The normalized spacial score (nSPS) is 13.0. The van der Waals surface area contributed by atoms with Gasteiger partial charge in [0.05, 0.1) is 18.4 Å². The molecule has 1 aromatic heterocycles. The number of anilines is 1. The predicted octanol–water partition coefficient (Wildman–Crippen LogP) is 1.38. The van der Waals surface area contributed by atoms with Gasteiger partial charge in [-0.25, -0.2) is 14.8 Å². The summed E-state index contributed by atoms with van der Waals surface area (Å²) in [6.07, 6.45) is 1.27. The fraction of sp³-hybridized carbons (Fsp3) is 0.533. The third kappa shape index (κ3) is 5.09. The zero-order chi connectivity index (χ0) is 18.3. The highest BCUT2D eigenvalue weighted by Gasteiger charge is 2.29. The second-order valence-corrected chi connectivity index (χ2v) is 6.42. The van der Waals surface area contributed by atoms with Gasteiger partial charge in [0, 0.05) is 6.20 Å². The van der Waals surface area contributed by atoms with E-state index in [4.69, 9.17) is 10.5 Å². The monoisotopic (exact) mass is 351 g/mol. The number of hydrogen-bond donors (Lipinski definition) is 2. The van der Waals surface area contributed by atoms with Crippen molar-refractivity contribution in [2.24, 2.45) is 5.92 Å². The van der Waals surface area contributed by atoms with E-state index in [2.05, 4.69) is 21.4 Å². The number of carbonyl (C=O) groups is 2. The van der Waals surface area contributed by atoms with Gasteiger partial charge in [-0.05, 0) is 19.8 Å². The molecule has 0 fully saturated rings. The molecule has 1 atom stereocenters. The van der Waals surface area contributed by atoms with Gasteiger partial charge in [-0.3, -0.25) is 4.79 Å². The summed E-state index contributed by atoms with van der Waals surface area (Å²) >= 11 is 1.06. The number of esters is 1. The lowest BCUT2D eigenvalue weighted by atomic mass is 9.90. The van der Waals surface area contributed by atoms with Gasteiger partial charge in [-0.15, -0.1) is 0 Å². The van der Waals surface area contributed by atoms with Crippen LogP contribution in [0.4, 0.5) is 5.82 Å². The number of nitrogens with one attached hydrogen (secondary N) is 1. The van der Waals surface area contributed by atoms with Gasteiger partial charge in [-0.2, -0.15) is 5.26 Å². The molecular weight excluding hydrogens is 330 g/mol. The van der Waals surface area contributed by atoms with Crippen molar-refractivity contribution in [1.82, 2.24) is 15.3 Å². The SMILES string of the molecule is CCOC(=O)c1cnc(SCC(=O)NC(C)(C#N)C(C)C)nc1N. The number of rotatable bonds is 7. The lowest BCUT2D eigenvalue weighted by Gasteiger charge is -2.27. The van der Waals surface area contributed by atoms with E-state index in [0.29, 0.717) is 0 Å². The maximum Gasteiger partial charge on any atom is 0.343 e. The van der Waals surface area contributed by atoms with E-state index in [0.717, 1.165) is 11.8 Å². The van der Waals surface area contributed by atoms with Crippen molar-refractivity contribution in [2.75, 3.05) is 18.1 Å². The molecule has 0 saturated carbocycles. The number of hydrogen-bond acceptors (Lipinski definition) is 8. The smallest absolute Gasteiger partial charge is 0.343 e. The summed E-state index contributed by atoms with van der Waals surface area (Å²) < 4.78 is 4.84. The first kappa shape index (κ1) is 19.7. The van der Waals surface area contributed by atoms with Crippen molar-refractivity contribution in [2.45, 2.75) is 38.4 Å². The molecule has 0 bridgehead atoms. The quantitative estimate of drug-likeness (QED) is 0.428. The number of carbonyl (C=O) groups excluding carboxylic acids is 2. The summed E-state index contributed by atoms with van der Waals surface area (Å²) in [5.74, 6) is -0.912. The number of aromatic nitrogens is 2. The Labute approximate surface area is 145 Å². The molecule has 0 saturated heterocycles. The molecule has 1 heterocycles. The van der Waals surface area contributed by atoms with Crippen LogP contribution >= 0.6 is 11.8 Å². The third-order valence-electron chi connectivity index (χ3n) is 3.41. The predicted molar refractivity (Wildman–Crippen MR) is 90.1 cm³/mol. The Bertz CT molecular complexity index is 659. The van der Waals surface area contributed by atoms with E-state index in [9.17, 15) is 14.9 Å². The highest BCUT2D eigenvalue weighted by molar-refractivity contribution is 7.99. The summed E-state index contributed by atoms with van der Waals surface area (Å²) in [7, 11) is 0. The van der Waals surface area contributed by atoms with Gasteiger partial charge in [0.1, 0.15) is 16.9 Å². The first-order valence-corrected chi connectivity index (χ1v) is 8.36. The largest absolute Gasteiger partial charge is 0.462 e. The van der Waals surface area contributed by atoms with Crippen molar-refractivity contribution in [3.63, 3.8) is 0 Å². The van der Waals surface area contributed by atoms with E-state index >= 15 is 0 Å². The molecule has 0 aliphatic rings. The molecule has 1 unspecified atom stereocenters. The molecule has 1 amide bonds. The number of thioether (sulfide) groups is 1. The molecule has 0 aromatic carbocycles. The minimum Gasteiger partial charge on any atom is -0.462 e. The van der Waals surface area contributed by atoms with Crippen molar-refractivity contribution < 1.29 is 14.3 Å². The lowest BCUT2D eigenvalue weighted by molar-refractivity contribution is -0.120. The Morgan fingerprint density at radius 2 is 2.21 bits per heavy atom. The van der Waals surface area contributed by atoms with E-state index in [-0.39, 0.29) is 40.7 Å². The molecule has 1 aromatic rings. The highest BCUT2D eigenvalue weighted by atomic mass is 32.2. The molecule has 9 heteroatoms. The Balaban J connectivity index is 2.69. The van der Waals surface area contributed by atoms with Gasteiger partial charge in [0.25, 0.3) is 0 Å². The topological polar surface area (TPSA) is 131 Å². The molecule has 24 heavy (non-hydrogen) atoms. The molecule has 3 N–H and O–H groups in total. The molecule has 0 aliphatic heterocycles. The van der Waals surface area contributed by atoms with Crippen LogP contribution in [0, 0.1) is 17.2 Å². The third-order valence-corrected chi connectivity index (χ3v) is 4.27. The average molecular weight is 351 g/mol. The molecule has 1 rings (SSSR count). The number of nitrogen functional groups attached to an aromatic ring is 1. The second kappa shape index (κ2) is 8.49. The van der Waals surface area contributed by atoms with Gasteiger partial charge >= 0.3 is 5.97 Å². The molecule has 0 aliphatic carbocycles. The van der Waals surface area contributed by atoms with E-state index in [1.54, 1.807) is 13.8 Å². The van der Waals surface area contributed by atoms with Gasteiger partial charge in [0.2, 0.25) is 5.91 Å². The number of amides is 1. The molecule has 0 radical (unpaired) electrons. The summed E-state index contributed by atoms with van der Waals surface area (Å²) in [4.78, 5) is 31.6. The van der Waals surface area contributed by atoms with Crippen LogP contribution in [-0.4, -0.2) is 39.7 Å². The van der Waals surface area contributed by atoms with Crippen LogP contribution in [0.1, 0.15) is 38.1 Å². The highest BCUT2D eigenvalue weighted by Crippen LogP contribution is 2.19. The molecule has 8 nitrogen and oxygen atoms in total. The van der Waals surface area contributed by atoms with Crippen LogP contribution in [-0.2, 0) is 9.53 Å². The number of nitrogens with two attached hydrogens (primary N) is 1. The van der Waals surface area contributed by atoms with Crippen molar-refractivity contribution in [3.05, 3.63) is 11.8 Å².